The zero-order valence-corrected chi connectivity index (χ0v) is 10.6. The van der Waals surface area contributed by atoms with Gasteiger partial charge in [0.2, 0.25) is 0 Å². The molecule has 0 atom stereocenters. The first-order chi connectivity index (χ1) is 9.01. The zero-order valence-electron chi connectivity index (χ0n) is 10.6. The van der Waals surface area contributed by atoms with Crippen LogP contribution in [0.15, 0.2) is 24.5 Å². The molecule has 102 valence electrons. The van der Waals surface area contributed by atoms with Crippen molar-refractivity contribution >= 4 is 0 Å². The van der Waals surface area contributed by atoms with E-state index < -0.39 is 24.0 Å². The molecule has 1 aromatic carbocycles. The highest BCUT2D eigenvalue weighted by Crippen LogP contribution is 2.28. The molecule has 2 aromatic rings. The Hall–Kier alpha value is -1.95. The average Bonchev–Trinajstić information content (AvgIpc) is 2.82. The number of ether oxygens (including phenoxy) is 1. The molecule has 1 aromatic heterocycles. The number of halogens is 2. The first-order valence-electron chi connectivity index (χ1n) is 5.82. The standard InChI is InChI=1S/C13H14F2N2O2/c1-8(2)17-6-10(5-16-17)19-13-11(14)3-9(7-18)4-12(13)15/h3-6,8,18H,7H2,1-2H3. The SMILES string of the molecule is CC(C)n1cc(Oc2c(F)cc(CO)cc2F)cn1. The van der Waals surface area contributed by atoms with E-state index in [9.17, 15) is 8.78 Å². The Bertz CT molecular complexity index is 559. The third kappa shape index (κ3) is 2.90. The summed E-state index contributed by atoms with van der Waals surface area (Å²) in [5, 5.41) is 12.9. The molecule has 0 aliphatic heterocycles. The van der Waals surface area contributed by atoms with Crippen LogP contribution in [0.2, 0.25) is 0 Å². The second-order valence-corrected chi connectivity index (χ2v) is 4.40. The Balaban J connectivity index is 2.27. The number of aromatic nitrogens is 2. The van der Waals surface area contributed by atoms with Gasteiger partial charge in [0.05, 0.1) is 19.0 Å². The van der Waals surface area contributed by atoms with Crippen molar-refractivity contribution in [3.8, 4) is 11.5 Å². The molecule has 6 heteroatoms. The summed E-state index contributed by atoms with van der Waals surface area (Å²) in [4.78, 5) is 0. The first-order valence-corrected chi connectivity index (χ1v) is 5.82. The molecule has 0 amide bonds. The fourth-order valence-electron chi connectivity index (χ4n) is 1.57. The maximum Gasteiger partial charge on any atom is 0.198 e. The number of nitrogens with zero attached hydrogens (tertiary/aromatic N) is 2. The van der Waals surface area contributed by atoms with E-state index in [4.69, 9.17) is 9.84 Å². The van der Waals surface area contributed by atoms with Crippen LogP contribution in [0.1, 0.15) is 25.5 Å². The van der Waals surface area contributed by atoms with Crippen LogP contribution in [0, 0.1) is 11.6 Å². The van der Waals surface area contributed by atoms with Crippen molar-refractivity contribution in [1.82, 2.24) is 9.78 Å². The van der Waals surface area contributed by atoms with Crippen LogP contribution in [0.25, 0.3) is 0 Å². The topological polar surface area (TPSA) is 47.3 Å². The highest BCUT2D eigenvalue weighted by molar-refractivity contribution is 5.34. The lowest BCUT2D eigenvalue weighted by atomic mass is 10.2. The van der Waals surface area contributed by atoms with Crippen LogP contribution in [0.3, 0.4) is 0 Å². The molecule has 0 saturated carbocycles. The summed E-state index contributed by atoms with van der Waals surface area (Å²) in [5.74, 6) is -1.97. The zero-order chi connectivity index (χ0) is 14.0. The quantitative estimate of drug-likeness (QED) is 0.927. The number of rotatable bonds is 4. The molecule has 4 nitrogen and oxygen atoms in total. The Kier molecular flexibility index (Phi) is 3.80. The summed E-state index contributed by atoms with van der Waals surface area (Å²) in [7, 11) is 0. The van der Waals surface area contributed by atoms with E-state index in [0.717, 1.165) is 12.1 Å². The average molecular weight is 268 g/mol. The number of benzene rings is 1. The Labute approximate surface area is 109 Å². The van der Waals surface area contributed by atoms with Gasteiger partial charge in [0.25, 0.3) is 0 Å². The van der Waals surface area contributed by atoms with Gasteiger partial charge < -0.3 is 9.84 Å². The molecule has 0 radical (unpaired) electrons. The molecule has 0 aliphatic carbocycles. The van der Waals surface area contributed by atoms with Crippen LogP contribution in [-0.4, -0.2) is 14.9 Å². The normalized spacial score (nSPS) is 11.1. The minimum atomic E-state index is -0.860. The van der Waals surface area contributed by atoms with Gasteiger partial charge in [-0.3, -0.25) is 4.68 Å². The molecule has 0 bridgehead atoms. The van der Waals surface area contributed by atoms with E-state index in [0.29, 0.717) is 0 Å². The monoisotopic (exact) mass is 268 g/mol. The molecule has 1 heterocycles. The fourth-order valence-corrected chi connectivity index (χ4v) is 1.57. The van der Waals surface area contributed by atoms with Crippen molar-refractivity contribution in [3.63, 3.8) is 0 Å². The van der Waals surface area contributed by atoms with Crippen molar-refractivity contribution in [2.45, 2.75) is 26.5 Å². The molecular weight excluding hydrogens is 254 g/mol. The Morgan fingerprint density at radius 1 is 1.32 bits per heavy atom. The highest BCUT2D eigenvalue weighted by atomic mass is 19.1. The van der Waals surface area contributed by atoms with E-state index >= 15 is 0 Å². The molecule has 19 heavy (non-hydrogen) atoms. The van der Waals surface area contributed by atoms with Crippen molar-refractivity contribution in [2.24, 2.45) is 0 Å². The van der Waals surface area contributed by atoms with Crippen LogP contribution < -0.4 is 4.74 Å². The fraction of sp³-hybridized carbons (Fsp3) is 0.308. The number of aliphatic hydroxyl groups excluding tert-OH is 1. The molecule has 0 fully saturated rings. The predicted molar refractivity (Wildman–Crippen MR) is 65.0 cm³/mol. The largest absolute Gasteiger partial charge is 0.448 e. The maximum atomic E-state index is 13.6. The van der Waals surface area contributed by atoms with Crippen molar-refractivity contribution in [3.05, 3.63) is 41.7 Å². The molecule has 0 spiro atoms. The minimum absolute atomic E-state index is 0.129. The smallest absolute Gasteiger partial charge is 0.198 e. The van der Waals surface area contributed by atoms with Crippen LogP contribution in [0.4, 0.5) is 8.78 Å². The van der Waals surface area contributed by atoms with E-state index in [1.165, 1.54) is 6.20 Å². The van der Waals surface area contributed by atoms with Gasteiger partial charge in [-0.15, -0.1) is 0 Å². The summed E-state index contributed by atoms with van der Waals surface area (Å²) in [6, 6.07) is 2.19. The third-order valence-corrected chi connectivity index (χ3v) is 2.57. The first kappa shape index (κ1) is 13.5. The second-order valence-electron chi connectivity index (χ2n) is 4.40. The van der Waals surface area contributed by atoms with Gasteiger partial charge in [-0.1, -0.05) is 0 Å². The van der Waals surface area contributed by atoms with Gasteiger partial charge in [-0.2, -0.15) is 5.10 Å². The lowest BCUT2D eigenvalue weighted by molar-refractivity contribution is 0.279. The predicted octanol–water partition coefficient (Wildman–Crippen LogP) is 3.03. The van der Waals surface area contributed by atoms with Crippen molar-refractivity contribution in [1.29, 1.82) is 0 Å². The maximum absolute atomic E-state index is 13.6. The minimum Gasteiger partial charge on any atom is -0.448 e. The molecule has 0 saturated heterocycles. The third-order valence-electron chi connectivity index (χ3n) is 2.57. The van der Waals surface area contributed by atoms with Crippen LogP contribution >= 0.6 is 0 Å². The van der Waals surface area contributed by atoms with Crippen molar-refractivity contribution < 1.29 is 18.6 Å². The van der Waals surface area contributed by atoms with E-state index in [1.807, 2.05) is 13.8 Å². The summed E-state index contributed by atoms with van der Waals surface area (Å²) in [6.07, 6.45) is 2.95. The van der Waals surface area contributed by atoms with Gasteiger partial charge in [0.1, 0.15) is 0 Å². The lowest BCUT2D eigenvalue weighted by Crippen LogP contribution is -2.00. The molecule has 0 aliphatic rings. The van der Waals surface area contributed by atoms with Gasteiger partial charge in [0.15, 0.2) is 23.1 Å². The summed E-state index contributed by atoms with van der Waals surface area (Å²) in [6.45, 7) is 3.42. The summed E-state index contributed by atoms with van der Waals surface area (Å²) in [5.41, 5.74) is 0.153. The number of hydrogen-bond donors (Lipinski definition) is 1. The molecule has 2 rings (SSSR count). The number of aliphatic hydroxyl groups is 1. The van der Waals surface area contributed by atoms with Crippen molar-refractivity contribution in [2.75, 3.05) is 0 Å². The van der Waals surface area contributed by atoms with Gasteiger partial charge in [0, 0.05) is 6.04 Å². The molecule has 0 unspecified atom stereocenters. The highest BCUT2D eigenvalue weighted by Gasteiger charge is 2.14. The van der Waals surface area contributed by atoms with Gasteiger partial charge in [-0.05, 0) is 31.5 Å². The lowest BCUT2D eigenvalue weighted by Gasteiger charge is -2.07. The molecular formula is C13H14F2N2O2. The Morgan fingerprint density at radius 3 is 2.42 bits per heavy atom. The van der Waals surface area contributed by atoms with E-state index in [1.54, 1.807) is 10.9 Å². The van der Waals surface area contributed by atoms with Crippen LogP contribution in [0.5, 0.6) is 11.5 Å². The molecule has 1 N–H and O–H groups in total. The van der Waals surface area contributed by atoms with E-state index in [-0.39, 0.29) is 17.4 Å². The second kappa shape index (κ2) is 5.36. The summed E-state index contributed by atoms with van der Waals surface area (Å²) < 4.78 is 34.1. The van der Waals surface area contributed by atoms with Gasteiger partial charge >= 0.3 is 0 Å². The number of hydrogen-bond acceptors (Lipinski definition) is 3. The summed E-state index contributed by atoms with van der Waals surface area (Å²) >= 11 is 0. The van der Waals surface area contributed by atoms with Gasteiger partial charge in [-0.25, -0.2) is 8.78 Å². The van der Waals surface area contributed by atoms with Crippen LogP contribution in [-0.2, 0) is 6.61 Å². The van der Waals surface area contributed by atoms with E-state index in [2.05, 4.69) is 5.10 Å². The Morgan fingerprint density at radius 2 is 1.95 bits per heavy atom.